The highest BCUT2D eigenvalue weighted by molar-refractivity contribution is 5.91. The molecule has 2 aromatic carbocycles. The summed E-state index contributed by atoms with van der Waals surface area (Å²) in [6.07, 6.45) is 1.93. The molecule has 3 rings (SSSR count). The van der Waals surface area contributed by atoms with Crippen LogP contribution in [0.15, 0.2) is 60.8 Å². The van der Waals surface area contributed by atoms with Gasteiger partial charge in [-0.05, 0) is 37.5 Å². The lowest BCUT2D eigenvalue weighted by Crippen LogP contribution is -2.53. The zero-order valence-corrected chi connectivity index (χ0v) is 19.6. The third kappa shape index (κ3) is 6.60. The van der Waals surface area contributed by atoms with E-state index in [-0.39, 0.29) is 12.8 Å². The first-order chi connectivity index (χ1) is 16.2. The molecule has 0 spiro atoms. The van der Waals surface area contributed by atoms with Gasteiger partial charge >= 0.3 is 12.1 Å². The van der Waals surface area contributed by atoms with E-state index in [0.717, 1.165) is 22.0 Å². The average molecular weight is 466 g/mol. The highest BCUT2D eigenvalue weighted by atomic mass is 16.6. The fraction of sp³-hybridized carbons (Fsp3) is 0.346. The van der Waals surface area contributed by atoms with Crippen molar-refractivity contribution < 1.29 is 24.2 Å². The molecule has 8 nitrogen and oxygen atoms in total. The third-order valence-electron chi connectivity index (χ3n) is 5.83. The summed E-state index contributed by atoms with van der Waals surface area (Å²) in [5.41, 5.74) is 1.79. The van der Waals surface area contributed by atoms with E-state index in [1.807, 2.05) is 49.4 Å². The maximum absolute atomic E-state index is 13.2. The number of aromatic nitrogens is 1. The van der Waals surface area contributed by atoms with Gasteiger partial charge in [-0.2, -0.15) is 0 Å². The van der Waals surface area contributed by atoms with Crippen LogP contribution in [0, 0.1) is 0 Å². The van der Waals surface area contributed by atoms with Crippen molar-refractivity contribution in [2.75, 3.05) is 0 Å². The minimum Gasteiger partial charge on any atom is -0.480 e. The molecule has 0 radical (unpaired) electrons. The van der Waals surface area contributed by atoms with Crippen molar-refractivity contribution in [3.8, 4) is 0 Å². The van der Waals surface area contributed by atoms with Crippen LogP contribution in [0.3, 0.4) is 0 Å². The number of H-pyrrole nitrogens is 1. The molecule has 0 bridgehead atoms. The Morgan fingerprint density at radius 2 is 1.65 bits per heavy atom. The largest absolute Gasteiger partial charge is 0.480 e. The van der Waals surface area contributed by atoms with Gasteiger partial charge in [0.25, 0.3) is 0 Å². The van der Waals surface area contributed by atoms with Gasteiger partial charge in [0.1, 0.15) is 17.7 Å². The number of alkyl carbamates (subject to hydrolysis) is 1. The standard InChI is InChI=1S/C26H31N3O5/c1-4-26(2,3)34-25(33)29-21(15-18-16-27-20-13-9-8-12-19(18)20)23(30)28-22(24(31)32)14-17-10-6-5-7-11-17/h5-13,16,21-22,27H,4,14-15H2,1-3H3,(H,28,30)(H,29,33)(H,31,32)/t21?,22-/m0/s1. The predicted octanol–water partition coefficient (Wildman–Crippen LogP) is 3.81. The molecule has 0 aliphatic rings. The lowest BCUT2D eigenvalue weighted by molar-refractivity contribution is -0.142. The summed E-state index contributed by atoms with van der Waals surface area (Å²) >= 11 is 0. The van der Waals surface area contributed by atoms with E-state index < -0.39 is 35.7 Å². The SMILES string of the molecule is CCC(C)(C)OC(=O)NC(Cc1c[nH]c2ccccc12)C(=O)N[C@@H](Cc1ccccc1)C(=O)O. The molecule has 0 fully saturated rings. The van der Waals surface area contributed by atoms with Gasteiger partial charge in [-0.25, -0.2) is 9.59 Å². The van der Waals surface area contributed by atoms with Crippen molar-refractivity contribution in [1.29, 1.82) is 0 Å². The second-order valence-electron chi connectivity index (χ2n) is 8.85. The lowest BCUT2D eigenvalue weighted by atomic mass is 10.0. The number of carboxylic acid groups (broad SMARTS) is 1. The molecule has 3 aromatic rings. The van der Waals surface area contributed by atoms with Crippen LogP contribution in [0.5, 0.6) is 0 Å². The molecule has 0 aliphatic carbocycles. The molecule has 1 unspecified atom stereocenters. The van der Waals surface area contributed by atoms with E-state index in [0.29, 0.717) is 6.42 Å². The zero-order valence-electron chi connectivity index (χ0n) is 19.6. The van der Waals surface area contributed by atoms with E-state index >= 15 is 0 Å². The van der Waals surface area contributed by atoms with Crippen molar-refractivity contribution in [1.82, 2.24) is 15.6 Å². The second kappa shape index (κ2) is 10.9. The number of para-hydroxylation sites is 1. The average Bonchev–Trinajstić information content (AvgIpc) is 3.21. The number of fused-ring (bicyclic) bond motifs is 1. The third-order valence-corrected chi connectivity index (χ3v) is 5.83. The number of aliphatic carboxylic acids is 1. The lowest BCUT2D eigenvalue weighted by Gasteiger charge is -2.26. The number of ether oxygens (including phenoxy) is 1. The van der Waals surface area contributed by atoms with Crippen LogP contribution in [0.4, 0.5) is 4.79 Å². The van der Waals surface area contributed by atoms with Crippen molar-refractivity contribution in [2.24, 2.45) is 0 Å². The number of aromatic amines is 1. The van der Waals surface area contributed by atoms with E-state index in [1.54, 1.807) is 32.2 Å². The van der Waals surface area contributed by atoms with Crippen LogP contribution in [-0.2, 0) is 27.2 Å². The highest BCUT2D eigenvalue weighted by Crippen LogP contribution is 2.20. The number of rotatable bonds is 10. The minimum atomic E-state index is -1.15. The molecule has 0 saturated carbocycles. The minimum absolute atomic E-state index is 0.120. The maximum Gasteiger partial charge on any atom is 0.408 e. The quantitative estimate of drug-likeness (QED) is 0.363. The Morgan fingerprint density at radius 1 is 0.971 bits per heavy atom. The Labute approximate surface area is 198 Å². The topological polar surface area (TPSA) is 121 Å². The molecule has 8 heteroatoms. The van der Waals surface area contributed by atoms with Crippen LogP contribution in [-0.4, -0.2) is 45.7 Å². The number of carboxylic acids is 1. The molecule has 1 heterocycles. The van der Waals surface area contributed by atoms with Gasteiger partial charge in [-0.15, -0.1) is 0 Å². The molecular weight excluding hydrogens is 434 g/mol. The van der Waals surface area contributed by atoms with Crippen molar-refractivity contribution in [2.45, 2.75) is 57.7 Å². The van der Waals surface area contributed by atoms with E-state index in [1.165, 1.54) is 0 Å². The van der Waals surface area contributed by atoms with Gasteiger partial charge in [0.05, 0.1) is 0 Å². The Morgan fingerprint density at radius 3 is 2.32 bits per heavy atom. The summed E-state index contributed by atoms with van der Waals surface area (Å²) in [6, 6.07) is 14.5. The number of amides is 2. The Hall–Kier alpha value is -3.81. The first-order valence-electron chi connectivity index (χ1n) is 11.3. The van der Waals surface area contributed by atoms with Crippen molar-refractivity contribution in [3.05, 3.63) is 71.9 Å². The Kier molecular flexibility index (Phi) is 7.94. The van der Waals surface area contributed by atoms with Crippen LogP contribution >= 0.6 is 0 Å². The molecular formula is C26H31N3O5. The first-order valence-corrected chi connectivity index (χ1v) is 11.3. The fourth-order valence-corrected chi connectivity index (χ4v) is 3.55. The number of carbonyl (C=O) groups is 3. The summed E-state index contributed by atoms with van der Waals surface area (Å²) in [5, 5.41) is 15.8. The molecule has 4 N–H and O–H groups in total. The molecule has 0 saturated heterocycles. The van der Waals surface area contributed by atoms with Gasteiger partial charge in [-0.3, -0.25) is 4.79 Å². The molecule has 0 aliphatic heterocycles. The number of carbonyl (C=O) groups excluding carboxylic acids is 2. The number of hydrogen-bond donors (Lipinski definition) is 4. The predicted molar refractivity (Wildman–Crippen MR) is 129 cm³/mol. The number of hydrogen-bond acceptors (Lipinski definition) is 4. The monoisotopic (exact) mass is 465 g/mol. The van der Waals surface area contributed by atoms with Gasteiger partial charge in [0.15, 0.2) is 0 Å². The molecule has 180 valence electrons. The normalized spacial score (nSPS) is 13.1. The van der Waals surface area contributed by atoms with Crippen molar-refractivity contribution in [3.63, 3.8) is 0 Å². The fourth-order valence-electron chi connectivity index (χ4n) is 3.55. The highest BCUT2D eigenvalue weighted by Gasteiger charge is 2.30. The zero-order chi connectivity index (χ0) is 24.7. The van der Waals surface area contributed by atoms with Gasteiger partial charge in [0, 0.05) is 29.9 Å². The van der Waals surface area contributed by atoms with Gasteiger partial charge < -0.3 is 25.5 Å². The molecule has 34 heavy (non-hydrogen) atoms. The summed E-state index contributed by atoms with van der Waals surface area (Å²) in [4.78, 5) is 40.8. The number of nitrogens with one attached hydrogen (secondary N) is 3. The van der Waals surface area contributed by atoms with Crippen LogP contribution in [0.1, 0.15) is 38.3 Å². The summed E-state index contributed by atoms with van der Waals surface area (Å²) in [6.45, 7) is 5.45. The summed E-state index contributed by atoms with van der Waals surface area (Å²) < 4.78 is 5.47. The van der Waals surface area contributed by atoms with E-state index in [2.05, 4.69) is 15.6 Å². The van der Waals surface area contributed by atoms with Crippen LogP contribution in [0.2, 0.25) is 0 Å². The number of benzene rings is 2. The van der Waals surface area contributed by atoms with Crippen molar-refractivity contribution >= 4 is 28.9 Å². The maximum atomic E-state index is 13.2. The van der Waals surface area contributed by atoms with Crippen LogP contribution in [0.25, 0.3) is 10.9 Å². The summed E-state index contributed by atoms with van der Waals surface area (Å²) in [7, 11) is 0. The van der Waals surface area contributed by atoms with Crippen LogP contribution < -0.4 is 10.6 Å². The molecule has 2 amide bonds. The van der Waals surface area contributed by atoms with Gasteiger partial charge in [-0.1, -0.05) is 55.5 Å². The Balaban J connectivity index is 1.81. The second-order valence-corrected chi connectivity index (χ2v) is 8.85. The Bertz CT molecular complexity index is 1140. The van der Waals surface area contributed by atoms with E-state index in [9.17, 15) is 19.5 Å². The molecule has 2 atom stereocenters. The first kappa shape index (κ1) is 24.8. The van der Waals surface area contributed by atoms with Gasteiger partial charge in [0.2, 0.25) is 5.91 Å². The smallest absolute Gasteiger partial charge is 0.408 e. The molecule has 1 aromatic heterocycles. The summed E-state index contributed by atoms with van der Waals surface area (Å²) in [5.74, 6) is -1.75. The van der Waals surface area contributed by atoms with E-state index in [4.69, 9.17) is 4.74 Å².